The van der Waals surface area contributed by atoms with Crippen molar-refractivity contribution in [2.24, 2.45) is 5.92 Å². The summed E-state index contributed by atoms with van der Waals surface area (Å²) in [5, 5.41) is 3.92. The summed E-state index contributed by atoms with van der Waals surface area (Å²) in [6.07, 6.45) is 8.11. The molecule has 32 heavy (non-hydrogen) atoms. The van der Waals surface area contributed by atoms with Crippen molar-refractivity contribution < 1.29 is 9.59 Å². The minimum Gasteiger partial charge on any atom is -0.353 e. The smallest absolute Gasteiger partial charge is 0.234 e. The van der Waals surface area contributed by atoms with Gasteiger partial charge in [0.15, 0.2) is 0 Å². The minimum atomic E-state index is 0.0494. The van der Waals surface area contributed by atoms with E-state index in [1.165, 1.54) is 32.1 Å². The lowest BCUT2D eigenvalue weighted by atomic mass is 9.88. The van der Waals surface area contributed by atoms with Crippen molar-refractivity contribution in [1.82, 2.24) is 20.0 Å². The highest BCUT2D eigenvalue weighted by molar-refractivity contribution is 6.31. The van der Waals surface area contributed by atoms with Crippen LogP contribution in [0.2, 0.25) is 5.02 Å². The Hall–Kier alpha value is -1.63. The molecule has 3 aliphatic rings. The van der Waals surface area contributed by atoms with Crippen molar-refractivity contribution in [3.63, 3.8) is 0 Å². The molecule has 4 rings (SSSR count). The first-order chi connectivity index (χ1) is 15.6. The second-order valence-electron chi connectivity index (χ2n) is 9.52. The third-order valence-electron chi connectivity index (χ3n) is 7.34. The van der Waals surface area contributed by atoms with Crippen LogP contribution in [0.15, 0.2) is 24.3 Å². The summed E-state index contributed by atoms with van der Waals surface area (Å²) < 4.78 is 0. The Kier molecular flexibility index (Phi) is 8.44. The molecule has 0 spiro atoms. The third kappa shape index (κ3) is 6.03. The van der Waals surface area contributed by atoms with Gasteiger partial charge < -0.3 is 10.2 Å². The Morgan fingerprint density at radius 3 is 2.31 bits per heavy atom. The average molecular weight is 461 g/mol. The molecule has 0 bridgehead atoms. The fraction of sp³-hybridized carbons (Fsp3) is 0.680. The van der Waals surface area contributed by atoms with Crippen LogP contribution in [0.25, 0.3) is 0 Å². The summed E-state index contributed by atoms with van der Waals surface area (Å²) in [4.78, 5) is 32.1. The van der Waals surface area contributed by atoms with Crippen molar-refractivity contribution in [1.29, 1.82) is 0 Å². The predicted molar refractivity (Wildman–Crippen MR) is 128 cm³/mol. The van der Waals surface area contributed by atoms with Crippen LogP contribution in [0.4, 0.5) is 0 Å². The Balaban J connectivity index is 1.24. The zero-order chi connectivity index (χ0) is 22.3. The number of benzene rings is 1. The topological polar surface area (TPSA) is 55.9 Å². The molecule has 1 saturated carbocycles. The number of piperazine rings is 1. The highest BCUT2D eigenvalue weighted by atomic mass is 35.5. The fourth-order valence-corrected chi connectivity index (χ4v) is 5.70. The molecule has 1 unspecified atom stereocenters. The molecule has 0 aromatic heterocycles. The predicted octanol–water partition coefficient (Wildman–Crippen LogP) is 3.32. The van der Waals surface area contributed by atoms with Gasteiger partial charge in [0.2, 0.25) is 11.8 Å². The Bertz CT molecular complexity index is 769. The van der Waals surface area contributed by atoms with Crippen molar-refractivity contribution >= 4 is 23.4 Å². The van der Waals surface area contributed by atoms with Gasteiger partial charge in [0.05, 0.1) is 12.6 Å². The molecule has 2 aliphatic heterocycles. The number of nitrogens with one attached hydrogen (secondary N) is 1. The molecule has 1 aliphatic carbocycles. The second kappa shape index (κ2) is 11.5. The van der Waals surface area contributed by atoms with Gasteiger partial charge in [-0.05, 0) is 50.4 Å². The maximum Gasteiger partial charge on any atom is 0.234 e. The number of carbonyl (C=O) groups excluding carboxylic acids is 2. The van der Waals surface area contributed by atoms with Gasteiger partial charge in [0.25, 0.3) is 0 Å². The normalized spacial score (nSPS) is 22.1. The average Bonchev–Trinajstić information content (AvgIpc) is 3.36. The van der Waals surface area contributed by atoms with Crippen LogP contribution < -0.4 is 5.32 Å². The molecule has 7 heteroatoms. The SMILES string of the molecule is O=C(CN1CCN(C(=O)C2CCCCC2)CC1)NCC(c1ccccc1Cl)N1CCCC1. The number of halogens is 1. The highest BCUT2D eigenvalue weighted by Crippen LogP contribution is 2.30. The lowest BCUT2D eigenvalue weighted by molar-refractivity contribution is -0.138. The number of carbonyl (C=O) groups is 2. The molecular weight excluding hydrogens is 424 g/mol. The van der Waals surface area contributed by atoms with Gasteiger partial charge in [-0.1, -0.05) is 49.1 Å². The van der Waals surface area contributed by atoms with Gasteiger partial charge in [0.1, 0.15) is 0 Å². The zero-order valence-electron chi connectivity index (χ0n) is 19.1. The number of likely N-dealkylation sites (tertiary alicyclic amines) is 1. The molecule has 2 saturated heterocycles. The fourth-order valence-electron chi connectivity index (χ4n) is 5.44. The van der Waals surface area contributed by atoms with E-state index in [2.05, 4.69) is 21.2 Å². The maximum absolute atomic E-state index is 12.8. The van der Waals surface area contributed by atoms with E-state index in [1.54, 1.807) is 0 Å². The molecule has 1 atom stereocenters. The van der Waals surface area contributed by atoms with E-state index in [0.29, 0.717) is 19.0 Å². The third-order valence-corrected chi connectivity index (χ3v) is 7.69. The van der Waals surface area contributed by atoms with Crippen LogP contribution in [-0.4, -0.2) is 78.9 Å². The quantitative estimate of drug-likeness (QED) is 0.678. The van der Waals surface area contributed by atoms with Crippen LogP contribution in [0.5, 0.6) is 0 Å². The van der Waals surface area contributed by atoms with Gasteiger partial charge in [-0.3, -0.25) is 19.4 Å². The Morgan fingerprint density at radius 1 is 0.938 bits per heavy atom. The van der Waals surface area contributed by atoms with E-state index in [1.807, 2.05) is 23.1 Å². The standard InChI is InChI=1S/C25H37ClN4O2/c26-22-11-5-4-10-21(22)23(29-12-6-7-13-29)18-27-24(31)19-28-14-16-30(17-15-28)25(32)20-8-2-1-3-9-20/h4-5,10-11,20,23H,1-3,6-9,12-19H2,(H,27,31). The first-order valence-corrected chi connectivity index (χ1v) is 12.8. The Labute approximate surface area is 197 Å². The summed E-state index contributed by atoms with van der Waals surface area (Å²) in [6, 6.07) is 8.07. The van der Waals surface area contributed by atoms with Crippen LogP contribution in [0.3, 0.4) is 0 Å². The van der Waals surface area contributed by atoms with E-state index in [9.17, 15) is 9.59 Å². The van der Waals surface area contributed by atoms with Crippen molar-refractivity contribution in [3.8, 4) is 0 Å². The lowest BCUT2D eigenvalue weighted by Gasteiger charge is -2.37. The van der Waals surface area contributed by atoms with Crippen molar-refractivity contribution in [2.45, 2.75) is 51.0 Å². The zero-order valence-corrected chi connectivity index (χ0v) is 19.9. The molecule has 1 aromatic rings. The van der Waals surface area contributed by atoms with Crippen molar-refractivity contribution in [3.05, 3.63) is 34.9 Å². The number of amides is 2. The monoisotopic (exact) mass is 460 g/mol. The van der Waals surface area contributed by atoms with E-state index >= 15 is 0 Å². The highest BCUT2D eigenvalue weighted by Gasteiger charge is 2.29. The maximum atomic E-state index is 12.8. The van der Waals surface area contributed by atoms with Gasteiger partial charge in [0, 0.05) is 43.7 Å². The van der Waals surface area contributed by atoms with Crippen molar-refractivity contribution in [2.75, 3.05) is 52.4 Å². The molecule has 1 N–H and O–H groups in total. The van der Waals surface area contributed by atoms with Crippen LogP contribution >= 0.6 is 11.6 Å². The first kappa shape index (κ1) is 23.5. The van der Waals surface area contributed by atoms with Gasteiger partial charge in [-0.15, -0.1) is 0 Å². The van der Waals surface area contributed by atoms with E-state index in [4.69, 9.17) is 11.6 Å². The largest absolute Gasteiger partial charge is 0.353 e. The molecule has 0 radical (unpaired) electrons. The molecule has 6 nitrogen and oxygen atoms in total. The molecule has 3 fully saturated rings. The number of rotatable bonds is 7. The first-order valence-electron chi connectivity index (χ1n) is 12.4. The summed E-state index contributed by atoms with van der Waals surface area (Å²) in [7, 11) is 0. The van der Waals surface area contributed by atoms with Crippen LogP contribution in [0.1, 0.15) is 56.6 Å². The lowest BCUT2D eigenvalue weighted by Crippen LogP contribution is -2.52. The second-order valence-corrected chi connectivity index (χ2v) is 9.93. The van der Waals surface area contributed by atoms with Gasteiger partial charge in [-0.25, -0.2) is 0 Å². The molecule has 176 valence electrons. The number of nitrogens with zero attached hydrogens (tertiary/aromatic N) is 3. The van der Waals surface area contributed by atoms with Crippen LogP contribution in [0, 0.1) is 5.92 Å². The van der Waals surface area contributed by atoms with E-state index in [0.717, 1.165) is 62.7 Å². The molecular formula is C25H37ClN4O2. The Morgan fingerprint density at radius 2 is 1.62 bits per heavy atom. The van der Waals surface area contributed by atoms with Crippen LogP contribution in [-0.2, 0) is 9.59 Å². The molecule has 2 heterocycles. The number of hydrogen-bond donors (Lipinski definition) is 1. The summed E-state index contributed by atoms with van der Waals surface area (Å²) >= 11 is 6.48. The molecule has 2 amide bonds. The summed E-state index contributed by atoms with van der Waals surface area (Å²) in [5.41, 5.74) is 1.09. The summed E-state index contributed by atoms with van der Waals surface area (Å²) in [5.74, 6) is 0.612. The van der Waals surface area contributed by atoms with E-state index in [-0.39, 0.29) is 17.9 Å². The van der Waals surface area contributed by atoms with Gasteiger partial charge in [-0.2, -0.15) is 0 Å². The van der Waals surface area contributed by atoms with E-state index < -0.39 is 0 Å². The number of hydrogen-bond acceptors (Lipinski definition) is 4. The summed E-state index contributed by atoms with van der Waals surface area (Å²) in [6.45, 7) is 6.06. The molecule has 1 aromatic carbocycles. The van der Waals surface area contributed by atoms with Gasteiger partial charge >= 0.3 is 0 Å². The minimum absolute atomic E-state index is 0.0494.